The molecule has 0 unspecified atom stereocenters. The second-order valence-corrected chi connectivity index (χ2v) is 11.2. The summed E-state index contributed by atoms with van der Waals surface area (Å²) >= 11 is 0.657. The number of carbonyl (C=O) groups excluding carboxylic acids is 1. The Labute approximate surface area is 251 Å². The van der Waals surface area contributed by atoms with Crippen molar-refractivity contribution < 1.29 is 82.3 Å². The zero-order valence-corrected chi connectivity index (χ0v) is 24.1. The number of nitrogens with zero attached hydrogens (tertiary/aromatic N) is 2. The number of benzene rings is 2. The van der Waals surface area contributed by atoms with Gasteiger partial charge in [-0.25, -0.2) is 13.4 Å². The second-order valence-electron chi connectivity index (χ2n) is 8.47. The van der Waals surface area contributed by atoms with Crippen LogP contribution >= 0.6 is 11.3 Å². The number of sulfonamides is 1. The number of thiazole rings is 1. The first kappa shape index (κ1) is 33.0. The fraction of sp³-hybridized carbons (Fsp3) is 0.273. The van der Waals surface area contributed by atoms with E-state index in [9.17, 15) is 52.7 Å². The van der Waals surface area contributed by atoms with Gasteiger partial charge < -0.3 is 15.4 Å². The Morgan fingerprint density at radius 1 is 0.902 bits per heavy atom. The molecule has 1 aliphatic heterocycles. The first-order chi connectivity index (χ1) is 18.3. The minimum absolute atomic E-state index is 0. The summed E-state index contributed by atoms with van der Waals surface area (Å²) in [5.74, 6) is -1.24. The Bertz CT molecular complexity index is 1550. The molecule has 7 nitrogen and oxygen atoms in total. The van der Waals surface area contributed by atoms with Gasteiger partial charge >= 0.3 is 48.1 Å². The Morgan fingerprint density at radius 3 is 1.98 bits per heavy atom. The van der Waals surface area contributed by atoms with Crippen LogP contribution in [0.15, 0.2) is 41.3 Å². The van der Waals surface area contributed by atoms with Gasteiger partial charge in [-0.2, -0.15) is 39.5 Å². The van der Waals surface area contributed by atoms with Crippen LogP contribution in [0.2, 0.25) is 0 Å². The number of halogens is 9. The van der Waals surface area contributed by atoms with Crippen molar-refractivity contribution in [3.8, 4) is 0 Å². The summed E-state index contributed by atoms with van der Waals surface area (Å²) in [6.45, 7) is -0.162. The fourth-order valence-corrected chi connectivity index (χ4v) is 6.19. The van der Waals surface area contributed by atoms with Gasteiger partial charge in [0.25, 0.3) is 10.0 Å². The van der Waals surface area contributed by atoms with Crippen LogP contribution in [-0.4, -0.2) is 25.9 Å². The summed E-state index contributed by atoms with van der Waals surface area (Å²) in [6.07, 6.45) is -15.3. The number of hydrogen-bond acceptors (Lipinski definition) is 6. The third-order valence-corrected chi connectivity index (χ3v) is 8.18. The zero-order valence-electron chi connectivity index (χ0n) is 20.4. The quantitative estimate of drug-likeness (QED) is 0.338. The van der Waals surface area contributed by atoms with Crippen LogP contribution < -0.4 is 39.2 Å². The SMILES string of the molecule is [NH-]C(=O)c1ccc(C(F)(F)F)cc1N1CCc2nc(NS(=O)(=O)c3cc(C(F)(F)F)cc(C(F)(F)F)c3)sc2C1.[Na+]. The fourth-order valence-electron chi connectivity index (χ4n) is 3.86. The molecular weight excluding hydrogens is 626 g/mol. The van der Waals surface area contributed by atoms with Crippen molar-refractivity contribution in [2.45, 2.75) is 36.4 Å². The third kappa shape index (κ3) is 7.28. The summed E-state index contributed by atoms with van der Waals surface area (Å²) in [5.41, 5.74) is 2.40. The molecule has 4 rings (SSSR count). The van der Waals surface area contributed by atoms with Crippen LogP contribution in [0, 0.1) is 0 Å². The number of aromatic nitrogens is 1. The molecule has 0 radical (unpaired) electrons. The molecule has 1 aliphatic rings. The number of anilines is 2. The maximum Gasteiger partial charge on any atom is 1.00 e. The van der Waals surface area contributed by atoms with E-state index in [2.05, 4.69) is 4.98 Å². The minimum atomic E-state index is -5.28. The molecule has 2 heterocycles. The van der Waals surface area contributed by atoms with Crippen LogP contribution in [0.1, 0.15) is 37.6 Å². The van der Waals surface area contributed by atoms with Gasteiger partial charge in [0.15, 0.2) is 5.13 Å². The van der Waals surface area contributed by atoms with Crippen molar-refractivity contribution in [2.24, 2.45) is 0 Å². The van der Waals surface area contributed by atoms with Crippen LogP contribution in [-0.2, 0) is 41.5 Å². The molecule has 0 spiro atoms. The Kier molecular flexibility index (Phi) is 9.07. The van der Waals surface area contributed by atoms with Gasteiger partial charge in [0.2, 0.25) is 0 Å². The Morgan fingerprint density at radius 2 is 1.46 bits per heavy atom. The number of carbonyl (C=O) groups is 1. The van der Waals surface area contributed by atoms with Crippen LogP contribution in [0.25, 0.3) is 5.73 Å². The van der Waals surface area contributed by atoms with Crippen LogP contribution in [0.3, 0.4) is 0 Å². The molecule has 0 saturated heterocycles. The van der Waals surface area contributed by atoms with Crippen molar-refractivity contribution in [1.82, 2.24) is 4.98 Å². The molecule has 2 N–H and O–H groups in total. The first-order valence-electron chi connectivity index (χ1n) is 10.8. The predicted molar refractivity (Wildman–Crippen MR) is 124 cm³/mol. The topological polar surface area (TPSA) is 103 Å². The standard InChI is InChI=1S/C22H15F9N4O3S2.Na/c23-20(24,25)10-1-2-14(18(32)36)16(8-10)35-4-3-15-17(9-35)39-19(33-15)34-40(37,38)13-6-11(21(26,27)28)5-12(7-13)22(29,30)31;/h1-2,5-8H,3-4,9H2,(H3,32,33,34,36);/q;+1/p-1. The van der Waals surface area contributed by atoms with Crippen molar-refractivity contribution in [2.75, 3.05) is 16.2 Å². The molecule has 2 aromatic carbocycles. The normalized spacial score (nSPS) is 14.3. The summed E-state index contributed by atoms with van der Waals surface area (Å²) in [4.78, 5) is 16.1. The van der Waals surface area contributed by atoms with Gasteiger partial charge in [-0.3, -0.25) is 4.72 Å². The predicted octanol–water partition coefficient (Wildman–Crippen LogP) is 3.76. The second kappa shape index (κ2) is 11.3. The van der Waals surface area contributed by atoms with Crippen LogP contribution in [0.4, 0.5) is 50.3 Å². The summed E-state index contributed by atoms with van der Waals surface area (Å²) in [5, 5.41) is -0.404. The van der Waals surface area contributed by atoms with Crippen molar-refractivity contribution in [3.63, 3.8) is 0 Å². The van der Waals surface area contributed by atoms with Gasteiger partial charge in [0.1, 0.15) is 0 Å². The van der Waals surface area contributed by atoms with Crippen LogP contribution in [0.5, 0.6) is 0 Å². The average molecular weight is 640 g/mol. The number of alkyl halides is 9. The van der Waals surface area contributed by atoms with Gasteiger partial charge in [-0.05, 0) is 30.3 Å². The number of rotatable bonds is 5. The van der Waals surface area contributed by atoms with E-state index in [0.29, 0.717) is 28.3 Å². The Hall–Kier alpha value is -2.54. The van der Waals surface area contributed by atoms with Gasteiger partial charge in [-0.1, -0.05) is 17.4 Å². The maximum absolute atomic E-state index is 13.2. The molecule has 1 amide bonds. The van der Waals surface area contributed by atoms with Gasteiger partial charge in [0.05, 0.1) is 39.7 Å². The molecule has 1 aromatic heterocycles. The number of amides is 1. The van der Waals surface area contributed by atoms with E-state index >= 15 is 0 Å². The first-order valence-corrected chi connectivity index (χ1v) is 13.1. The van der Waals surface area contributed by atoms with E-state index < -0.39 is 61.2 Å². The van der Waals surface area contributed by atoms with Crippen molar-refractivity contribution >= 4 is 38.1 Å². The van der Waals surface area contributed by atoms with E-state index in [-0.39, 0.29) is 84.2 Å². The smallest absolute Gasteiger partial charge is 0.663 e. The molecule has 0 fully saturated rings. The zero-order chi connectivity index (χ0) is 29.8. The average Bonchev–Trinajstić information content (AvgIpc) is 3.22. The molecule has 0 atom stereocenters. The molecule has 19 heteroatoms. The van der Waals surface area contributed by atoms with E-state index in [1.54, 1.807) is 0 Å². The number of hydrogen-bond donors (Lipinski definition) is 1. The van der Waals surface area contributed by atoms with Crippen molar-refractivity contribution in [1.29, 1.82) is 0 Å². The van der Waals surface area contributed by atoms with Gasteiger partial charge in [0, 0.05) is 29.1 Å². The molecule has 216 valence electrons. The Balaban J connectivity index is 0.00000462. The van der Waals surface area contributed by atoms with E-state index in [4.69, 9.17) is 5.73 Å². The summed E-state index contributed by atoms with van der Waals surface area (Å²) in [7, 11) is -4.99. The summed E-state index contributed by atoms with van der Waals surface area (Å²) in [6, 6.07) is 2.07. The molecular formula is C22H14F9N4NaO3S2. The van der Waals surface area contributed by atoms with E-state index in [0.717, 1.165) is 6.07 Å². The third-order valence-electron chi connectivity index (χ3n) is 5.73. The molecule has 0 saturated carbocycles. The largest absolute Gasteiger partial charge is 1.00 e. The number of fused-ring (bicyclic) bond motifs is 1. The van der Waals surface area contributed by atoms with E-state index in [1.165, 1.54) is 4.90 Å². The minimum Gasteiger partial charge on any atom is -0.663 e. The molecule has 41 heavy (non-hydrogen) atoms. The monoisotopic (exact) mass is 640 g/mol. The summed E-state index contributed by atoms with van der Waals surface area (Å²) < 4.78 is 146. The number of nitrogens with one attached hydrogen (secondary N) is 2. The molecule has 0 aliphatic carbocycles. The maximum atomic E-state index is 13.2. The van der Waals surface area contributed by atoms with E-state index in [1.807, 2.05) is 4.72 Å². The molecule has 3 aromatic rings. The van der Waals surface area contributed by atoms with Gasteiger partial charge in [-0.15, -0.1) is 0 Å². The molecule has 0 bridgehead atoms. The van der Waals surface area contributed by atoms with Crippen molar-refractivity contribution in [3.05, 3.63) is 75.0 Å².